The van der Waals surface area contributed by atoms with Crippen molar-refractivity contribution in [2.24, 2.45) is 0 Å². The molecule has 4 aromatic rings. The zero-order chi connectivity index (χ0) is 30.9. The van der Waals surface area contributed by atoms with E-state index in [-0.39, 0.29) is 59.4 Å². The van der Waals surface area contributed by atoms with E-state index >= 15 is 0 Å². The summed E-state index contributed by atoms with van der Waals surface area (Å²) in [6, 6.07) is 34.2. The number of amides is 2. The van der Waals surface area contributed by atoms with E-state index in [4.69, 9.17) is 10.00 Å². The van der Waals surface area contributed by atoms with Crippen LogP contribution in [0.2, 0.25) is 0 Å². The average molecular weight is 613 g/mol. The summed E-state index contributed by atoms with van der Waals surface area (Å²) in [5, 5.41) is 21.3. The Kier molecular flexibility index (Phi) is 12.0. The fraction of sp³-hybridized carbons (Fsp3) is 0.200. The zero-order valence-electron chi connectivity index (χ0n) is 24.1. The van der Waals surface area contributed by atoms with Gasteiger partial charge in [-0.3, -0.25) is 14.5 Å². The minimum atomic E-state index is -1.20. The van der Waals surface area contributed by atoms with Gasteiger partial charge in [-0.25, -0.2) is 4.79 Å². The van der Waals surface area contributed by atoms with Crippen LogP contribution in [0.3, 0.4) is 0 Å². The third-order valence-corrected chi connectivity index (χ3v) is 7.59. The first-order chi connectivity index (χ1) is 21.4. The van der Waals surface area contributed by atoms with Crippen LogP contribution in [-0.2, 0) is 14.3 Å². The van der Waals surface area contributed by atoms with Crippen molar-refractivity contribution in [2.75, 3.05) is 44.7 Å². The first-order valence-electron chi connectivity index (χ1n) is 14.3. The summed E-state index contributed by atoms with van der Waals surface area (Å²) in [6.07, 6.45) is 0. The Morgan fingerprint density at radius 1 is 0.800 bits per heavy atom. The van der Waals surface area contributed by atoms with Gasteiger partial charge in [0.1, 0.15) is 13.2 Å². The van der Waals surface area contributed by atoms with Gasteiger partial charge in [0, 0.05) is 26.2 Å². The van der Waals surface area contributed by atoms with Crippen molar-refractivity contribution in [3.8, 4) is 17.2 Å². The summed E-state index contributed by atoms with van der Waals surface area (Å²) in [6.45, 7) is 1.81. The fourth-order valence-corrected chi connectivity index (χ4v) is 5.37. The van der Waals surface area contributed by atoms with Gasteiger partial charge in [0.15, 0.2) is 0 Å². The van der Waals surface area contributed by atoms with Crippen molar-refractivity contribution in [3.05, 3.63) is 125 Å². The molecule has 1 aliphatic heterocycles. The van der Waals surface area contributed by atoms with E-state index < -0.39 is 18.5 Å². The molecule has 2 N–H and O–H groups in total. The second kappa shape index (κ2) is 16.1. The number of rotatable bonds is 10. The van der Waals surface area contributed by atoms with Crippen LogP contribution < -0.4 is 5.32 Å². The molecule has 0 bridgehead atoms. The second-order valence-electron chi connectivity index (χ2n) is 10.4. The number of anilines is 1. The van der Waals surface area contributed by atoms with Gasteiger partial charge in [0.05, 0.1) is 28.9 Å². The number of nitriles is 1. The first kappa shape index (κ1) is 33.6. The summed E-state index contributed by atoms with van der Waals surface area (Å²) in [7, 11) is 0. The molecule has 224 valence electrons. The van der Waals surface area contributed by atoms with Crippen molar-refractivity contribution in [2.45, 2.75) is 6.04 Å². The number of aromatic carboxylic acids is 1. The predicted octanol–water partition coefficient (Wildman–Crippen LogP) is 4.16. The number of hydrogen-bond acceptors (Lipinski definition) is 6. The Hall–Kier alpha value is -4.30. The van der Waals surface area contributed by atoms with Crippen molar-refractivity contribution in [1.29, 1.82) is 5.26 Å². The molecule has 10 heteroatoms. The summed E-state index contributed by atoms with van der Waals surface area (Å²) in [5.74, 6) is -1.97. The van der Waals surface area contributed by atoms with Gasteiger partial charge in [0.2, 0.25) is 11.8 Å². The quantitative estimate of drug-likeness (QED) is 0.258. The molecule has 1 fully saturated rings. The molecule has 5 rings (SSSR count). The van der Waals surface area contributed by atoms with Crippen LogP contribution in [0.15, 0.2) is 103 Å². The van der Waals surface area contributed by atoms with E-state index in [1.807, 2.05) is 42.5 Å². The van der Waals surface area contributed by atoms with Gasteiger partial charge >= 0.3 is 35.5 Å². The Morgan fingerprint density at radius 2 is 1.38 bits per heavy atom. The fourth-order valence-electron chi connectivity index (χ4n) is 5.37. The molecule has 0 spiro atoms. The number of nitrogens with one attached hydrogen (secondary N) is 1. The first-order valence-corrected chi connectivity index (χ1v) is 14.3. The molecule has 4 aromatic carbocycles. The third-order valence-electron chi connectivity index (χ3n) is 7.59. The average Bonchev–Trinajstić information content (AvgIpc) is 3.06. The van der Waals surface area contributed by atoms with E-state index in [0.717, 1.165) is 5.56 Å². The summed E-state index contributed by atoms with van der Waals surface area (Å²) < 4.78 is 5.42. The normalized spacial score (nSPS) is 13.0. The van der Waals surface area contributed by atoms with E-state index in [1.165, 1.54) is 23.3 Å². The molecule has 1 heterocycles. The number of piperazine rings is 1. The number of carboxylic acids is 1. The van der Waals surface area contributed by atoms with Gasteiger partial charge in [-0.05, 0) is 46.5 Å². The number of hydrogen-bond donors (Lipinski definition) is 2. The van der Waals surface area contributed by atoms with Crippen molar-refractivity contribution in [3.63, 3.8) is 0 Å². The van der Waals surface area contributed by atoms with Gasteiger partial charge in [0.25, 0.3) is 0 Å². The van der Waals surface area contributed by atoms with Crippen LogP contribution in [0.4, 0.5) is 5.69 Å². The SMILES string of the molecule is N#Cc1ccc(-c2ccc(NC(=O)COCC(=O)N3CCN(C(c4ccccc4)c4ccccc4)CC3)c(C(=O)O)c2)cc1.[NaH]. The summed E-state index contributed by atoms with van der Waals surface area (Å²) in [5.41, 5.74) is 4.30. The number of ether oxygens (including phenoxy) is 1. The standard InChI is InChI=1S/C35H32N4O5.Na.H/c36-22-25-11-13-26(14-12-25)29-15-16-31(30(21-29)35(42)43)37-32(40)23-44-24-33(41)38-17-19-39(20-18-38)34(27-7-3-1-4-8-27)28-9-5-2-6-10-28;;/h1-16,21,34H,17-20,23-24H2,(H,37,40)(H,42,43);;. The Bertz CT molecular complexity index is 1610. The topological polar surface area (TPSA) is 123 Å². The minimum absolute atomic E-state index is 0. The van der Waals surface area contributed by atoms with Gasteiger partial charge in [-0.1, -0.05) is 78.9 Å². The molecule has 0 saturated carbocycles. The predicted molar refractivity (Wildman–Crippen MR) is 173 cm³/mol. The zero-order valence-corrected chi connectivity index (χ0v) is 24.1. The summed E-state index contributed by atoms with van der Waals surface area (Å²) in [4.78, 5) is 41.5. The van der Waals surface area contributed by atoms with Crippen LogP contribution in [0.5, 0.6) is 0 Å². The van der Waals surface area contributed by atoms with Crippen molar-refractivity contribution in [1.82, 2.24) is 9.80 Å². The molecular formula is C35H33N4NaO5. The van der Waals surface area contributed by atoms with E-state index in [0.29, 0.717) is 37.3 Å². The van der Waals surface area contributed by atoms with E-state index in [2.05, 4.69) is 34.5 Å². The molecule has 1 aliphatic rings. The molecule has 0 aliphatic carbocycles. The maximum absolute atomic E-state index is 12.9. The van der Waals surface area contributed by atoms with Gasteiger partial charge in [-0.15, -0.1) is 0 Å². The van der Waals surface area contributed by atoms with Crippen LogP contribution in [0.25, 0.3) is 11.1 Å². The number of nitrogens with zero attached hydrogens (tertiary/aromatic N) is 3. The number of carboxylic acid groups (broad SMARTS) is 1. The monoisotopic (exact) mass is 612 g/mol. The van der Waals surface area contributed by atoms with Crippen LogP contribution in [-0.4, -0.2) is 102 Å². The molecule has 0 radical (unpaired) electrons. The van der Waals surface area contributed by atoms with Crippen LogP contribution in [0.1, 0.15) is 33.1 Å². The second-order valence-corrected chi connectivity index (χ2v) is 10.4. The Morgan fingerprint density at radius 3 is 1.93 bits per heavy atom. The molecule has 45 heavy (non-hydrogen) atoms. The summed E-state index contributed by atoms with van der Waals surface area (Å²) >= 11 is 0. The molecule has 1 saturated heterocycles. The number of carbonyl (C=O) groups is 3. The molecule has 0 aromatic heterocycles. The van der Waals surface area contributed by atoms with Gasteiger partial charge in [-0.2, -0.15) is 5.26 Å². The van der Waals surface area contributed by atoms with Crippen LogP contribution in [0, 0.1) is 11.3 Å². The van der Waals surface area contributed by atoms with Crippen LogP contribution >= 0.6 is 0 Å². The van der Waals surface area contributed by atoms with E-state index in [1.54, 1.807) is 35.2 Å². The molecule has 2 amide bonds. The molecular weight excluding hydrogens is 579 g/mol. The number of benzene rings is 4. The number of carbonyl (C=O) groups excluding carboxylic acids is 2. The molecule has 0 unspecified atom stereocenters. The molecule has 9 nitrogen and oxygen atoms in total. The third kappa shape index (κ3) is 8.66. The van der Waals surface area contributed by atoms with Crippen molar-refractivity contribution >= 4 is 53.0 Å². The van der Waals surface area contributed by atoms with E-state index in [9.17, 15) is 19.5 Å². The Labute approximate surface area is 284 Å². The van der Waals surface area contributed by atoms with Gasteiger partial charge < -0.3 is 20.1 Å². The van der Waals surface area contributed by atoms with Crippen molar-refractivity contribution < 1.29 is 24.2 Å². The maximum atomic E-state index is 12.9. The Balaban J connectivity index is 0.00000461. The molecule has 0 atom stereocenters.